The van der Waals surface area contributed by atoms with Crippen LogP contribution < -0.4 is 10.1 Å². The van der Waals surface area contributed by atoms with Gasteiger partial charge in [0.25, 0.3) is 5.69 Å². The van der Waals surface area contributed by atoms with E-state index in [0.717, 1.165) is 5.56 Å². The quantitative estimate of drug-likeness (QED) is 0.644. The molecule has 0 saturated heterocycles. The lowest BCUT2D eigenvalue weighted by Crippen LogP contribution is -2.03. The number of ether oxygens (including phenoxy) is 1. The number of anilines is 1. The largest absolute Gasteiger partial charge is 0.494 e. The highest BCUT2D eigenvalue weighted by Gasteiger charge is 2.14. The van der Waals surface area contributed by atoms with Crippen molar-refractivity contribution < 1.29 is 9.66 Å². The second-order valence-corrected chi connectivity index (χ2v) is 4.21. The molecule has 0 atom stereocenters. The number of benzene rings is 2. The first-order valence-corrected chi connectivity index (χ1v) is 6.39. The third-order valence-corrected chi connectivity index (χ3v) is 2.80. The lowest BCUT2D eigenvalue weighted by atomic mass is 10.2. The van der Waals surface area contributed by atoms with Gasteiger partial charge in [0, 0.05) is 18.7 Å². The van der Waals surface area contributed by atoms with Gasteiger partial charge in [0.05, 0.1) is 11.5 Å². The third kappa shape index (κ3) is 3.47. The summed E-state index contributed by atoms with van der Waals surface area (Å²) in [5.41, 5.74) is 1.57. The Kier molecular flexibility index (Phi) is 4.55. The summed E-state index contributed by atoms with van der Waals surface area (Å²) in [4.78, 5) is 10.6. The monoisotopic (exact) mass is 272 g/mol. The van der Waals surface area contributed by atoms with Crippen molar-refractivity contribution in [1.82, 2.24) is 0 Å². The van der Waals surface area contributed by atoms with E-state index in [9.17, 15) is 10.1 Å². The number of nitrogens with zero attached hydrogens (tertiary/aromatic N) is 1. The molecule has 5 nitrogen and oxygen atoms in total. The highest BCUT2D eigenvalue weighted by molar-refractivity contribution is 5.64. The maximum atomic E-state index is 11.0. The number of nitro benzene ring substituents is 1. The molecule has 0 fully saturated rings. The van der Waals surface area contributed by atoms with Gasteiger partial charge >= 0.3 is 0 Å². The number of rotatable bonds is 6. The number of hydrogen-bond donors (Lipinski definition) is 1. The summed E-state index contributed by atoms with van der Waals surface area (Å²) in [5.74, 6) is 0.619. The molecule has 0 bridgehead atoms. The Labute approximate surface area is 117 Å². The Bertz CT molecular complexity index is 585. The van der Waals surface area contributed by atoms with Crippen LogP contribution in [0.3, 0.4) is 0 Å². The molecule has 5 heteroatoms. The van der Waals surface area contributed by atoms with E-state index in [-0.39, 0.29) is 5.69 Å². The van der Waals surface area contributed by atoms with Gasteiger partial charge < -0.3 is 10.1 Å². The van der Waals surface area contributed by atoms with E-state index >= 15 is 0 Å². The average molecular weight is 272 g/mol. The van der Waals surface area contributed by atoms with Crippen LogP contribution in [0.1, 0.15) is 12.5 Å². The summed E-state index contributed by atoms with van der Waals surface area (Å²) in [5, 5.41) is 14.1. The Hall–Kier alpha value is -2.56. The van der Waals surface area contributed by atoms with E-state index in [1.807, 2.05) is 37.3 Å². The molecule has 104 valence electrons. The molecule has 0 aliphatic rings. The van der Waals surface area contributed by atoms with E-state index in [4.69, 9.17) is 4.74 Å². The molecule has 0 heterocycles. The fraction of sp³-hybridized carbons (Fsp3) is 0.200. The fourth-order valence-corrected chi connectivity index (χ4v) is 1.87. The van der Waals surface area contributed by atoms with Crippen molar-refractivity contribution >= 4 is 11.4 Å². The number of nitro groups is 1. The molecule has 0 radical (unpaired) electrons. The van der Waals surface area contributed by atoms with E-state index in [1.54, 1.807) is 12.1 Å². The normalized spacial score (nSPS) is 10.1. The Morgan fingerprint density at radius 1 is 1.20 bits per heavy atom. The van der Waals surface area contributed by atoms with Crippen LogP contribution in [0.4, 0.5) is 11.4 Å². The maximum Gasteiger partial charge on any atom is 0.292 e. The predicted molar refractivity (Wildman–Crippen MR) is 78.0 cm³/mol. The van der Waals surface area contributed by atoms with Crippen LogP contribution in [-0.2, 0) is 6.54 Å². The summed E-state index contributed by atoms with van der Waals surface area (Å²) in [6.07, 6.45) is 0. The zero-order valence-corrected chi connectivity index (χ0v) is 11.2. The van der Waals surface area contributed by atoms with Gasteiger partial charge in [-0.15, -0.1) is 0 Å². The highest BCUT2D eigenvalue weighted by Crippen LogP contribution is 2.29. The van der Waals surface area contributed by atoms with Crippen molar-refractivity contribution in [2.75, 3.05) is 11.9 Å². The van der Waals surface area contributed by atoms with Crippen molar-refractivity contribution in [2.24, 2.45) is 0 Å². The fourth-order valence-electron chi connectivity index (χ4n) is 1.87. The van der Waals surface area contributed by atoms with Gasteiger partial charge in [-0.3, -0.25) is 10.1 Å². The molecular weight excluding hydrogens is 256 g/mol. The summed E-state index contributed by atoms with van der Waals surface area (Å²) in [6.45, 7) is 2.92. The standard InChI is InChI=1S/C15H16N2O3/c1-2-20-13-8-9-15(17(18)19)14(10-13)16-11-12-6-4-3-5-7-12/h3-10,16H,2,11H2,1H3. The summed E-state index contributed by atoms with van der Waals surface area (Å²) in [7, 11) is 0. The van der Waals surface area contributed by atoms with E-state index < -0.39 is 4.92 Å². The minimum atomic E-state index is -0.400. The molecule has 2 aromatic carbocycles. The minimum absolute atomic E-state index is 0.0457. The molecule has 0 saturated carbocycles. The molecule has 0 amide bonds. The number of hydrogen-bond acceptors (Lipinski definition) is 4. The first-order valence-electron chi connectivity index (χ1n) is 6.39. The average Bonchev–Trinajstić information content (AvgIpc) is 2.46. The smallest absolute Gasteiger partial charge is 0.292 e. The lowest BCUT2D eigenvalue weighted by molar-refractivity contribution is -0.384. The Balaban J connectivity index is 2.19. The van der Waals surface area contributed by atoms with Crippen LogP contribution in [0.2, 0.25) is 0 Å². The first-order chi connectivity index (χ1) is 9.70. The summed E-state index contributed by atoms with van der Waals surface area (Å²) < 4.78 is 5.37. The molecule has 0 aliphatic carbocycles. The van der Waals surface area contributed by atoms with Gasteiger partial charge in [-0.2, -0.15) is 0 Å². The molecule has 20 heavy (non-hydrogen) atoms. The summed E-state index contributed by atoms with van der Waals surface area (Å²) in [6, 6.07) is 14.4. The van der Waals surface area contributed by atoms with Gasteiger partial charge in [0.1, 0.15) is 11.4 Å². The molecule has 0 unspecified atom stereocenters. The van der Waals surface area contributed by atoms with Crippen LogP contribution in [0.25, 0.3) is 0 Å². The van der Waals surface area contributed by atoms with Gasteiger partial charge in [-0.1, -0.05) is 30.3 Å². The van der Waals surface area contributed by atoms with E-state index in [1.165, 1.54) is 6.07 Å². The second kappa shape index (κ2) is 6.56. The van der Waals surface area contributed by atoms with Crippen LogP contribution in [-0.4, -0.2) is 11.5 Å². The Morgan fingerprint density at radius 2 is 1.95 bits per heavy atom. The van der Waals surface area contributed by atoms with Crippen molar-refractivity contribution in [3.8, 4) is 5.75 Å². The predicted octanol–water partition coefficient (Wildman–Crippen LogP) is 3.61. The zero-order valence-electron chi connectivity index (χ0n) is 11.2. The van der Waals surface area contributed by atoms with Crippen LogP contribution in [0, 0.1) is 10.1 Å². The molecule has 0 aliphatic heterocycles. The van der Waals surface area contributed by atoms with E-state index in [0.29, 0.717) is 24.6 Å². The van der Waals surface area contributed by atoms with Crippen molar-refractivity contribution in [2.45, 2.75) is 13.5 Å². The van der Waals surface area contributed by atoms with Gasteiger partial charge in [0.2, 0.25) is 0 Å². The van der Waals surface area contributed by atoms with E-state index in [2.05, 4.69) is 5.32 Å². The highest BCUT2D eigenvalue weighted by atomic mass is 16.6. The molecule has 1 N–H and O–H groups in total. The molecule has 2 aromatic rings. The molecular formula is C15H16N2O3. The topological polar surface area (TPSA) is 64.4 Å². The van der Waals surface area contributed by atoms with Crippen LogP contribution >= 0.6 is 0 Å². The summed E-state index contributed by atoms with van der Waals surface area (Å²) >= 11 is 0. The zero-order chi connectivity index (χ0) is 14.4. The van der Waals surface area contributed by atoms with Gasteiger partial charge in [0.15, 0.2) is 0 Å². The van der Waals surface area contributed by atoms with Crippen molar-refractivity contribution in [1.29, 1.82) is 0 Å². The maximum absolute atomic E-state index is 11.0. The lowest BCUT2D eigenvalue weighted by Gasteiger charge is -2.09. The van der Waals surface area contributed by atoms with Crippen molar-refractivity contribution in [3.05, 3.63) is 64.2 Å². The third-order valence-electron chi connectivity index (χ3n) is 2.80. The van der Waals surface area contributed by atoms with Gasteiger partial charge in [-0.25, -0.2) is 0 Å². The second-order valence-electron chi connectivity index (χ2n) is 4.21. The minimum Gasteiger partial charge on any atom is -0.494 e. The van der Waals surface area contributed by atoms with Crippen LogP contribution in [0.5, 0.6) is 5.75 Å². The van der Waals surface area contributed by atoms with Crippen molar-refractivity contribution in [3.63, 3.8) is 0 Å². The SMILES string of the molecule is CCOc1ccc([N+](=O)[O-])c(NCc2ccccc2)c1. The molecule has 0 aromatic heterocycles. The van der Waals surface area contributed by atoms with Gasteiger partial charge in [-0.05, 0) is 18.6 Å². The molecule has 2 rings (SSSR count). The molecule has 0 spiro atoms. The van der Waals surface area contributed by atoms with Crippen LogP contribution in [0.15, 0.2) is 48.5 Å². The Morgan fingerprint density at radius 3 is 2.60 bits per heavy atom. The first kappa shape index (κ1) is 13.9. The number of nitrogens with one attached hydrogen (secondary N) is 1.